The molecule has 1 aromatic rings. The zero-order valence-electron chi connectivity index (χ0n) is 14.1. The zero-order valence-corrected chi connectivity index (χ0v) is 14.9. The lowest BCUT2D eigenvalue weighted by atomic mass is 9.96. The summed E-state index contributed by atoms with van der Waals surface area (Å²) in [4.78, 5) is 29.9. The molecule has 2 N–H and O–H groups in total. The minimum atomic E-state index is -0.515. The van der Waals surface area contributed by atoms with Gasteiger partial charge in [-0.1, -0.05) is 17.7 Å². The highest BCUT2D eigenvalue weighted by atomic mass is 35.5. The number of nitrogens with one attached hydrogen (secondary N) is 2. The van der Waals surface area contributed by atoms with Crippen molar-refractivity contribution in [1.82, 2.24) is 15.3 Å². The third kappa shape index (κ3) is 5.56. The number of ether oxygens (including phenoxy) is 1. The first-order valence-electron chi connectivity index (χ1n) is 7.91. The van der Waals surface area contributed by atoms with E-state index in [1.807, 2.05) is 20.8 Å². The van der Waals surface area contributed by atoms with E-state index < -0.39 is 5.60 Å². The van der Waals surface area contributed by atoms with Crippen LogP contribution in [0, 0.1) is 5.92 Å². The predicted octanol–water partition coefficient (Wildman–Crippen LogP) is 2.83. The van der Waals surface area contributed by atoms with Crippen molar-refractivity contribution in [2.24, 2.45) is 5.92 Å². The van der Waals surface area contributed by atoms with E-state index in [9.17, 15) is 9.59 Å². The first kappa shape index (κ1) is 18.3. The van der Waals surface area contributed by atoms with Crippen LogP contribution in [0.3, 0.4) is 0 Å². The molecule has 0 spiro atoms. The second-order valence-electron chi connectivity index (χ2n) is 6.70. The fourth-order valence-corrected chi connectivity index (χ4v) is 2.52. The van der Waals surface area contributed by atoms with E-state index in [0.717, 1.165) is 0 Å². The van der Waals surface area contributed by atoms with E-state index in [0.29, 0.717) is 36.9 Å². The number of piperidine rings is 1. The highest BCUT2D eigenvalue weighted by Crippen LogP contribution is 2.20. The van der Waals surface area contributed by atoms with Crippen molar-refractivity contribution in [2.45, 2.75) is 39.2 Å². The highest BCUT2D eigenvalue weighted by molar-refractivity contribution is 6.29. The first-order chi connectivity index (χ1) is 11.2. The molecule has 7 nitrogen and oxygen atoms in total. The van der Waals surface area contributed by atoms with Gasteiger partial charge in [-0.3, -0.25) is 15.6 Å². The minimum absolute atomic E-state index is 0.124. The molecule has 0 atom stereocenters. The Morgan fingerprint density at radius 2 is 1.96 bits per heavy atom. The number of hydrazine groups is 1. The number of pyridine rings is 1. The molecular weight excluding hydrogens is 332 g/mol. The Bertz CT molecular complexity index is 595. The van der Waals surface area contributed by atoms with Crippen molar-refractivity contribution < 1.29 is 14.3 Å². The monoisotopic (exact) mass is 354 g/mol. The smallest absolute Gasteiger partial charge is 0.410 e. The number of anilines is 1. The third-order valence-corrected chi connectivity index (χ3v) is 3.76. The summed E-state index contributed by atoms with van der Waals surface area (Å²) in [5.74, 6) is 0.193. The fraction of sp³-hybridized carbons (Fsp3) is 0.562. The molecule has 1 aromatic heterocycles. The summed E-state index contributed by atoms with van der Waals surface area (Å²) in [6, 6.07) is 5.10. The van der Waals surface area contributed by atoms with Crippen LogP contribution in [0.15, 0.2) is 18.2 Å². The summed E-state index contributed by atoms with van der Waals surface area (Å²) < 4.78 is 5.34. The fourth-order valence-electron chi connectivity index (χ4n) is 2.36. The Kier molecular flexibility index (Phi) is 5.88. The summed E-state index contributed by atoms with van der Waals surface area (Å²) in [5, 5.41) is 0.347. The Labute approximate surface area is 146 Å². The second kappa shape index (κ2) is 7.70. The molecule has 0 bridgehead atoms. The normalized spacial score (nSPS) is 15.8. The van der Waals surface area contributed by atoms with Crippen molar-refractivity contribution in [3.63, 3.8) is 0 Å². The van der Waals surface area contributed by atoms with Gasteiger partial charge in [-0.05, 0) is 45.7 Å². The van der Waals surface area contributed by atoms with Gasteiger partial charge in [0.1, 0.15) is 16.6 Å². The average Bonchev–Trinajstić information content (AvgIpc) is 2.51. The molecule has 132 valence electrons. The van der Waals surface area contributed by atoms with Crippen molar-refractivity contribution in [3.05, 3.63) is 23.4 Å². The van der Waals surface area contributed by atoms with Gasteiger partial charge >= 0.3 is 6.09 Å². The third-order valence-electron chi connectivity index (χ3n) is 3.55. The Morgan fingerprint density at radius 3 is 2.54 bits per heavy atom. The Hall–Kier alpha value is -2.02. The van der Waals surface area contributed by atoms with Crippen LogP contribution in [0.5, 0.6) is 0 Å². The van der Waals surface area contributed by atoms with Gasteiger partial charge in [-0.2, -0.15) is 0 Å². The largest absolute Gasteiger partial charge is 0.444 e. The van der Waals surface area contributed by atoms with Crippen LogP contribution in [0.25, 0.3) is 0 Å². The summed E-state index contributed by atoms with van der Waals surface area (Å²) in [5.41, 5.74) is 4.87. The van der Waals surface area contributed by atoms with Gasteiger partial charge in [0.15, 0.2) is 0 Å². The molecule has 24 heavy (non-hydrogen) atoms. The second-order valence-corrected chi connectivity index (χ2v) is 7.09. The quantitative estimate of drug-likeness (QED) is 0.644. The Balaban J connectivity index is 1.77. The number of likely N-dealkylation sites (tertiary alicyclic amines) is 1. The molecule has 0 aromatic carbocycles. The average molecular weight is 355 g/mol. The SMILES string of the molecule is CC(C)(C)OC(=O)N1CCC(C(=O)NNc2cccc(Cl)n2)CC1. The van der Waals surface area contributed by atoms with E-state index in [2.05, 4.69) is 15.8 Å². The van der Waals surface area contributed by atoms with Gasteiger partial charge in [-0.15, -0.1) is 0 Å². The van der Waals surface area contributed by atoms with Crippen molar-refractivity contribution >= 4 is 29.4 Å². The van der Waals surface area contributed by atoms with Crippen LogP contribution in [-0.2, 0) is 9.53 Å². The first-order valence-corrected chi connectivity index (χ1v) is 8.29. The van der Waals surface area contributed by atoms with Gasteiger partial charge in [0.05, 0.1) is 0 Å². The molecule has 1 aliphatic rings. The maximum absolute atomic E-state index is 12.2. The van der Waals surface area contributed by atoms with Crippen LogP contribution in [-0.4, -0.2) is 40.6 Å². The number of aromatic nitrogens is 1. The van der Waals surface area contributed by atoms with Crippen LogP contribution in [0.2, 0.25) is 5.15 Å². The molecule has 2 heterocycles. The van der Waals surface area contributed by atoms with E-state index in [1.165, 1.54) is 0 Å². The standard InChI is InChI=1S/C16H23ClN4O3/c1-16(2,3)24-15(23)21-9-7-11(8-10-21)14(22)20-19-13-6-4-5-12(17)18-13/h4-6,11H,7-10H2,1-3H3,(H,18,19)(H,20,22). The van der Waals surface area contributed by atoms with E-state index in [-0.39, 0.29) is 17.9 Å². The van der Waals surface area contributed by atoms with Crippen LogP contribution in [0.1, 0.15) is 33.6 Å². The van der Waals surface area contributed by atoms with E-state index >= 15 is 0 Å². The van der Waals surface area contributed by atoms with Gasteiger partial charge < -0.3 is 9.64 Å². The molecule has 1 fully saturated rings. The van der Waals surface area contributed by atoms with Crippen LogP contribution < -0.4 is 10.9 Å². The van der Waals surface area contributed by atoms with Crippen LogP contribution >= 0.6 is 11.6 Å². The molecule has 1 saturated heterocycles. The lowest BCUT2D eigenvalue weighted by Crippen LogP contribution is -2.45. The Morgan fingerprint density at radius 1 is 1.29 bits per heavy atom. The number of rotatable bonds is 3. The number of halogens is 1. The molecule has 1 aliphatic heterocycles. The number of nitrogens with zero attached hydrogens (tertiary/aromatic N) is 2. The molecular formula is C16H23ClN4O3. The molecule has 0 saturated carbocycles. The van der Waals surface area contributed by atoms with E-state index in [4.69, 9.17) is 16.3 Å². The topological polar surface area (TPSA) is 83.6 Å². The highest BCUT2D eigenvalue weighted by Gasteiger charge is 2.29. The minimum Gasteiger partial charge on any atom is -0.444 e. The number of hydrogen-bond donors (Lipinski definition) is 2. The summed E-state index contributed by atoms with van der Waals surface area (Å²) in [7, 11) is 0. The number of carbonyl (C=O) groups is 2. The molecule has 2 rings (SSSR count). The molecule has 2 amide bonds. The van der Waals surface area contributed by atoms with E-state index in [1.54, 1.807) is 23.1 Å². The molecule has 0 aliphatic carbocycles. The number of hydrogen-bond acceptors (Lipinski definition) is 5. The maximum Gasteiger partial charge on any atom is 0.410 e. The van der Waals surface area contributed by atoms with Crippen LogP contribution in [0.4, 0.5) is 10.6 Å². The van der Waals surface area contributed by atoms with Gasteiger partial charge in [-0.25, -0.2) is 9.78 Å². The van der Waals surface area contributed by atoms with Gasteiger partial charge in [0.25, 0.3) is 0 Å². The summed E-state index contributed by atoms with van der Waals surface area (Å²) >= 11 is 5.79. The molecule has 0 radical (unpaired) electrons. The number of amides is 2. The molecule has 8 heteroatoms. The lowest BCUT2D eigenvalue weighted by Gasteiger charge is -2.32. The predicted molar refractivity (Wildman–Crippen MR) is 91.5 cm³/mol. The van der Waals surface area contributed by atoms with Gasteiger partial charge in [0, 0.05) is 19.0 Å². The van der Waals surface area contributed by atoms with Gasteiger partial charge in [0.2, 0.25) is 5.91 Å². The van der Waals surface area contributed by atoms with Crippen molar-refractivity contribution in [2.75, 3.05) is 18.5 Å². The zero-order chi connectivity index (χ0) is 17.7. The summed E-state index contributed by atoms with van der Waals surface area (Å²) in [6.45, 7) is 6.51. The molecule has 0 unspecified atom stereocenters. The maximum atomic E-state index is 12.2. The van der Waals surface area contributed by atoms with Crippen molar-refractivity contribution in [3.8, 4) is 0 Å². The summed E-state index contributed by atoms with van der Waals surface area (Å²) in [6.07, 6.45) is 0.855. The van der Waals surface area contributed by atoms with Crippen molar-refractivity contribution in [1.29, 1.82) is 0 Å². The number of carbonyl (C=O) groups excluding carboxylic acids is 2. The lowest BCUT2D eigenvalue weighted by molar-refractivity contribution is -0.125.